The monoisotopic (exact) mass is 455 g/mol. The number of nitrogens with two attached hydrogens (primary N) is 1. The Hall–Kier alpha value is -3.17. The molecule has 1 unspecified atom stereocenters. The summed E-state index contributed by atoms with van der Waals surface area (Å²) in [4.78, 5) is 8.55. The molecule has 3 aromatic rings. The normalized spacial score (nSPS) is 21.0. The van der Waals surface area contributed by atoms with Crippen molar-refractivity contribution in [2.75, 3.05) is 20.8 Å². The molecule has 0 aliphatic carbocycles. The fourth-order valence-corrected chi connectivity index (χ4v) is 5.46. The maximum Gasteiger partial charge on any atom is 0.220 e. The van der Waals surface area contributed by atoms with Crippen molar-refractivity contribution in [2.45, 2.75) is 10.8 Å². The van der Waals surface area contributed by atoms with Crippen molar-refractivity contribution in [3.05, 3.63) is 71.6 Å². The predicted molar refractivity (Wildman–Crippen MR) is 118 cm³/mol. The van der Waals surface area contributed by atoms with Gasteiger partial charge in [-0.1, -0.05) is 17.8 Å². The van der Waals surface area contributed by atoms with E-state index in [9.17, 15) is 4.39 Å². The number of amidine groups is 1. The highest BCUT2D eigenvalue weighted by Crippen LogP contribution is 2.58. The Balaban J connectivity index is 1.81. The second-order valence-electron chi connectivity index (χ2n) is 7.42. The number of hydrogen-bond acceptors (Lipinski definition) is 7. The van der Waals surface area contributed by atoms with Gasteiger partial charge in [-0.2, -0.15) is 4.39 Å². The van der Waals surface area contributed by atoms with Crippen molar-refractivity contribution >= 4 is 16.9 Å². The van der Waals surface area contributed by atoms with Crippen molar-refractivity contribution in [1.82, 2.24) is 4.98 Å². The number of nitrogens with zero attached hydrogens (tertiary/aromatic N) is 2. The Morgan fingerprint density at radius 3 is 2.75 bits per heavy atom. The van der Waals surface area contributed by atoms with Crippen LogP contribution in [0.15, 0.2) is 53.7 Å². The smallest absolute Gasteiger partial charge is 0.220 e. The molecular weight excluding hydrogens is 436 g/mol. The van der Waals surface area contributed by atoms with Crippen LogP contribution in [0.5, 0.6) is 17.2 Å². The summed E-state index contributed by atoms with van der Waals surface area (Å²) in [5, 5.41) is 0.0291. The molecule has 0 fully saturated rings. The van der Waals surface area contributed by atoms with Crippen LogP contribution in [0.2, 0.25) is 0 Å². The summed E-state index contributed by atoms with van der Waals surface area (Å²) in [5.74, 6) is -0.380. The average Bonchev–Trinajstić information content (AvgIpc) is 3.11. The predicted octanol–water partition coefficient (Wildman–Crippen LogP) is 4.46. The second kappa shape index (κ2) is 7.75. The van der Waals surface area contributed by atoms with E-state index >= 15 is 4.39 Å². The highest BCUT2D eigenvalue weighted by Gasteiger charge is 2.53. The molecule has 164 valence electrons. The van der Waals surface area contributed by atoms with Gasteiger partial charge < -0.3 is 19.9 Å². The maximum atomic E-state index is 15.1. The minimum Gasteiger partial charge on any atom is -0.497 e. The molecule has 2 aromatic carbocycles. The molecule has 0 amide bonds. The van der Waals surface area contributed by atoms with Gasteiger partial charge in [-0.15, -0.1) is 0 Å². The maximum absolute atomic E-state index is 15.1. The van der Waals surface area contributed by atoms with Gasteiger partial charge in [-0.05, 0) is 35.9 Å². The molecule has 0 radical (unpaired) electrons. The molecule has 0 saturated carbocycles. The largest absolute Gasteiger partial charge is 0.497 e. The van der Waals surface area contributed by atoms with Crippen molar-refractivity contribution in [3.8, 4) is 28.4 Å². The average molecular weight is 455 g/mol. The summed E-state index contributed by atoms with van der Waals surface area (Å²) in [7, 11) is 3.04. The summed E-state index contributed by atoms with van der Waals surface area (Å²) >= 11 is 1.34. The van der Waals surface area contributed by atoms with Crippen LogP contribution < -0.4 is 15.2 Å². The van der Waals surface area contributed by atoms with Crippen molar-refractivity contribution in [3.63, 3.8) is 0 Å². The van der Waals surface area contributed by atoms with E-state index in [4.69, 9.17) is 24.9 Å². The molecule has 3 heterocycles. The number of hydrogen-bond donors (Lipinski definition) is 1. The topological polar surface area (TPSA) is 79.0 Å². The van der Waals surface area contributed by atoms with Crippen molar-refractivity contribution in [2.24, 2.45) is 10.7 Å². The van der Waals surface area contributed by atoms with Gasteiger partial charge in [0, 0.05) is 36.1 Å². The summed E-state index contributed by atoms with van der Waals surface area (Å²) in [6, 6.07) is 11.5. The molecule has 1 spiro atoms. The minimum absolute atomic E-state index is 0.0544. The van der Waals surface area contributed by atoms with Gasteiger partial charge in [0.05, 0.1) is 19.0 Å². The van der Waals surface area contributed by atoms with E-state index in [1.807, 2.05) is 0 Å². The first-order valence-corrected chi connectivity index (χ1v) is 10.7. The van der Waals surface area contributed by atoms with Crippen LogP contribution in [0.4, 0.5) is 8.78 Å². The van der Waals surface area contributed by atoms with E-state index in [0.29, 0.717) is 38.9 Å². The molecule has 5 rings (SSSR count). The summed E-state index contributed by atoms with van der Waals surface area (Å²) < 4.78 is 46.3. The third-order valence-corrected chi connectivity index (χ3v) is 6.76. The highest BCUT2D eigenvalue weighted by atomic mass is 32.2. The molecule has 1 aromatic heterocycles. The Morgan fingerprint density at radius 2 is 2.00 bits per heavy atom. The molecule has 9 heteroatoms. The number of benzene rings is 2. The zero-order chi connectivity index (χ0) is 22.5. The van der Waals surface area contributed by atoms with E-state index < -0.39 is 17.3 Å². The van der Waals surface area contributed by atoms with Crippen LogP contribution in [-0.4, -0.2) is 36.2 Å². The Labute approximate surface area is 187 Å². The van der Waals surface area contributed by atoms with Crippen molar-refractivity contribution in [1.29, 1.82) is 0 Å². The quantitative estimate of drug-likeness (QED) is 0.585. The third-order valence-electron chi connectivity index (χ3n) is 5.67. The van der Waals surface area contributed by atoms with Crippen LogP contribution in [-0.2, 0) is 10.3 Å². The lowest BCUT2D eigenvalue weighted by Gasteiger charge is -2.39. The lowest BCUT2D eigenvalue weighted by molar-refractivity contribution is 0.180. The third kappa shape index (κ3) is 3.03. The lowest BCUT2D eigenvalue weighted by Crippen LogP contribution is -2.39. The van der Waals surface area contributed by atoms with Crippen LogP contribution in [0.25, 0.3) is 11.1 Å². The molecule has 2 N–H and O–H groups in total. The lowest BCUT2D eigenvalue weighted by atomic mass is 9.77. The molecule has 32 heavy (non-hydrogen) atoms. The first-order valence-electron chi connectivity index (χ1n) is 9.80. The number of fused-ring (bicyclic) bond motifs is 4. The number of methoxy groups -OCH3 is 2. The number of halogens is 2. The second-order valence-corrected chi connectivity index (χ2v) is 8.64. The van der Waals surface area contributed by atoms with Gasteiger partial charge >= 0.3 is 0 Å². The van der Waals surface area contributed by atoms with Gasteiger partial charge in [0.15, 0.2) is 16.7 Å². The van der Waals surface area contributed by atoms with Gasteiger partial charge in [0.1, 0.15) is 17.0 Å². The Morgan fingerprint density at radius 1 is 1.16 bits per heavy atom. The van der Waals surface area contributed by atoms with Crippen LogP contribution in [0, 0.1) is 11.8 Å². The zero-order valence-electron chi connectivity index (χ0n) is 17.3. The molecule has 2 aliphatic rings. The molecule has 0 bridgehead atoms. The number of pyridine rings is 1. The SMILES string of the molecule is COCC1SC(N)=N[C@]12c1cc(-c3cccnc3F)ccc1Oc1c(F)cc(OC)cc12. The highest BCUT2D eigenvalue weighted by molar-refractivity contribution is 8.14. The van der Waals surface area contributed by atoms with Gasteiger partial charge in [0.2, 0.25) is 5.95 Å². The standard InChI is InChI=1S/C23H19F2N3O3S/c1-29-11-19-23(28-22(26)32-19)15-8-12(14-4-3-7-27-21(14)25)5-6-18(15)31-20-16(23)9-13(30-2)10-17(20)24/h3-10,19H,11H2,1-2H3,(H2,26,28)/t19?,23-/m0/s1. The van der Waals surface area contributed by atoms with E-state index in [2.05, 4.69) is 4.98 Å². The first-order chi connectivity index (χ1) is 15.5. The Bertz CT molecular complexity index is 1250. The first kappa shape index (κ1) is 20.7. The van der Waals surface area contributed by atoms with Gasteiger partial charge in [-0.3, -0.25) is 0 Å². The summed E-state index contributed by atoms with van der Waals surface area (Å²) in [5.41, 5.74) is 7.09. The van der Waals surface area contributed by atoms with Crippen LogP contribution in [0.1, 0.15) is 11.1 Å². The number of aliphatic imine (C=N–C) groups is 1. The van der Waals surface area contributed by atoms with E-state index in [-0.39, 0.29) is 17.6 Å². The van der Waals surface area contributed by atoms with E-state index in [1.165, 1.54) is 31.1 Å². The molecule has 2 atom stereocenters. The molecule has 2 aliphatic heterocycles. The van der Waals surface area contributed by atoms with Crippen molar-refractivity contribution < 1.29 is 23.0 Å². The summed E-state index contributed by atoms with van der Waals surface area (Å²) in [6.45, 7) is 0.290. The number of rotatable bonds is 4. The molecule has 6 nitrogen and oxygen atoms in total. The fraction of sp³-hybridized carbons (Fsp3) is 0.217. The van der Waals surface area contributed by atoms with Gasteiger partial charge in [0.25, 0.3) is 0 Å². The van der Waals surface area contributed by atoms with Crippen LogP contribution >= 0.6 is 11.8 Å². The number of aromatic nitrogens is 1. The molecule has 0 saturated heterocycles. The zero-order valence-corrected chi connectivity index (χ0v) is 18.1. The Kier molecular flexibility index (Phi) is 5.02. The van der Waals surface area contributed by atoms with Gasteiger partial charge in [-0.25, -0.2) is 14.4 Å². The fourth-order valence-electron chi connectivity index (χ4n) is 4.29. The van der Waals surface area contributed by atoms with E-state index in [1.54, 1.807) is 43.5 Å². The minimum atomic E-state index is -1.11. The number of ether oxygens (including phenoxy) is 3. The molecular formula is C23H19F2N3O3S. The van der Waals surface area contributed by atoms with E-state index in [0.717, 1.165) is 0 Å². The number of thioether (sulfide) groups is 1. The van der Waals surface area contributed by atoms with Crippen LogP contribution in [0.3, 0.4) is 0 Å². The summed E-state index contributed by atoms with van der Waals surface area (Å²) in [6.07, 6.45) is 1.39.